The van der Waals surface area contributed by atoms with Gasteiger partial charge in [-0.2, -0.15) is 0 Å². The normalized spacial score (nSPS) is 23.0. The molecule has 0 radical (unpaired) electrons. The molecule has 0 aliphatic carbocycles. The van der Waals surface area contributed by atoms with E-state index < -0.39 is 0 Å². The molecule has 1 saturated heterocycles. The fraction of sp³-hybridized carbons (Fsp3) is 0.350. The molecule has 6 rings (SSSR count). The van der Waals surface area contributed by atoms with E-state index in [0.29, 0.717) is 5.92 Å². The minimum atomic E-state index is 0.708. The third-order valence-corrected chi connectivity index (χ3v) is 5.52. The quantitative estimate of drug-likeness (QED) is 0.718. The number of rotatable bonds is 2. The van der Waals surface area contributed by atoms with Crippen molar-refractivity contribution in [3.05, 3.63) is 65.6 Å². The van der Waals surface area contributed by atoms with Crippen LogP contribution in [0.4, 0.5) is 0 Å². The van der Waals surface area contributed by atoms with Gasteiger partial charge in [-0.15, -0.1) is 0 Å². The third kappa shape index (κ3) is 2.11. The summed E-state index contributed by atoms with van der Waals surface area (Å²) in [4.78, 5) is 7.19. The van der Waals surface area contributed by atoms with Crippen LogP contribution in [-0.2, 0) is 13.1 Å². The summed E-state index contributed by atoms with van der Waals surface area (Å²) in [7, 11) is 0. The molecular formula is C20H21N3. The van der Waals surface area contributed by atoms with Crippen LogP contribution in [0.2, 0.25) is 0 Å². The largest absolute Gasteiger partial charge is 0.338 e. The minimum Gasteiger partial charge on any atom is -0.338 e. The summed E-state index contributed by atoms with van der Waals surface area (Å²) in [5.41, 5.74) is 5.67. The van der Waals surface area contributed by atoms with Gasteiger partial charge < -0.3 is 4.57 Å². The first-order chi connectivity index (χ1) is 11.4. The van der Waals surface area contributed by atoms with Crippen molar-refractivity contribution in [3.8, 4) is 0 Å². The Morgan fingerprint density at radius 3 is 2.65 bits per heavy atom. The summed E-state index contributed by atoms with van der Waals surface area (Å²) in [5.74, 6) is 0.708. The molecule has 23 heavy (non-hydrogen) atoms. The molecule has 0 atom stereocenters. The predicted octanol–water partition coefficient (Wildman–Crippen LogP) is 3.78. The number of fused-ring (bicyclic) bond motifs is 3. The molecule has 0 amide bonds. The molecule has 0 saturated carbocycles. The second kappa shape index (κ2) is 5.20. The lowest BCUT2D eigenvalue weighted by atomic mass is 9.94. The molecule has 116 valence electrons. The number of piperidine rings is 1. The molecule has 3 heteroatoms. The Bertz CT molecular complexity index is 842. The van der Waals surface area contributed by atoms with Crippen molar-refractivity contribution >= 4 is 10.9 Å². The summed E-state index contributed by atoms with van der Waals surface area (Å²) in [6, 6.07) is 15.1. The molecule has 1 fully saturated rings. The van der Waals surface area contributed by atoms with Gasteiger partial charge >= 0.3 is 0 Å². The van der Waals surface area contributed by atoms with E-state index in [1.54, 1.807) is 11.3 Å². The highest BCUT2D eigenvalue weighted by atomic mass is 15.1. The molecule has 1 aromatic carbocycles. The Kier molecular flexibility index (Phi) is 3.01. The average Bonchev–Trinajstić information content (AvgIpc) is 2.75. The van der Waals surface area contributed by atoms with Gasteiger partial charge in [0.15, 0.2) is 0 Å². The van der Waals surface area contributed by atoms with Crippen molar-refractivity contribution in [2.75, 3.05) is 13.1 Å². The molecular weight excluding hydrogens is 282 g/mol. The van der Waals surface area contributed by atoms with Crippen LogP contribution in [0.3, 0.4) is 0 Å². The van der Waals surface area contributed by atoms with Crippen LogP contribution in [0.5, 0.6) is 0 Å². The number of pyridine rings is 1. The van der Waals surface area contributed by atoms with Crippen LogP contribution >= 0.6 is 0 Å². The molecule has 3 aliphatic rings. The van der Waals surface area contributed by atoms with Crippen molar-refractivity contribution < 1.29 is 0 Å². The minimum absolute atomic E-state index is 0.708. The second-order valence-corrected chi connectivity index (χ2v) is 6.84. The highest BCUT2D eigenvalue weighted by Crippen LogP contribution is 2.41. The lowest BCUT2D eigenvalue weighted by molar-refractivity contribution is 0.219. The van der Waals surface area contributed by atoms with Crippen LogP contribution in [0, 0.1) is 0 Å². The van der Waals surface area contributed by atoms with E-state index in [2.05, 4.69) is 50.8 Å². The molecule has 2 bridgehead atoms. The maximum Gasteiger partial charge on any atom is 0.0651 e. The van der Waals surface area contributed by atoms with Crippen molar-refractivity contribution in [2.45, 2.75) is 31.8 Å². The van der Waals surface area contributed by atoms with E-state index in [4.69, 9.17) is 0 Å². The Labute approximate surface area is 136 Å². The fourth-order valence-electron chi connectivity index (χ4n) is 4.44. The first-order valence-electron chi connectivity index (χ1n) is 8.62. The third-order valence-electron chi connectivity index (χ3n) is 5.52. The van der Waals surface area contributed by atoms with E-state index in [9.17, 15) is 0 Å². The van der Waals surface area contributed by atoms with E-state index in [0.717, 1.165) is 18.8 Å². The van der Waals surface area contributed by atoms with Gasteiger partial charge in [-0.1, -0.05) is 24.3 Å². The van der Waals surface area contributed by atoms with E-state index in [1.165, 1.54) is 36.8 Å². The smallest absolute Gasteiger partial charge is 0.0651 e. The van der Waals surface area contributed by atoms with Crippen molar-refractivity contribution in [2.24, 2.45) is 0 Å². The number of benzene rings is 1. The fourth-order valence-corrected chi connectivity index (χ4v) is 4.44. The number of aromatic nitrogens is 2. The highest BCUT2D eigenvalue weighted by Gasteiger charge is 2.32. The molecule has 0 spiro atoms. The first-order valence-corrected chi connectivity index (χ1v) is 8.62. The number of hydrogen-bond acceptors (Lipinski definition) is 2. The zero-order chi connectivity index (χ0) is 15.2. The Balaban J connectivity index is 1.73. The Morgan fingerprint density at radius 1 is 1.00 bits per heavy atom. The molecule has 3 nitrogen and oxygen atoms in total. The number of hydrogen-bond donors (Lipinski definition) is 0. The molecule has 2 aromatic heterocycles. The summed E-state index contributed by atoms with van der Waals surface area (Å²) < 4.78 is 2.55. The van der Waals surface area contributed by atoms with Gasteiger partial charge in [0, 0.05) is 35.3 Å². The predicted molar refractivity (Wildman–Crippen MR) is 92.5 cm³/mol. The second-order valence-electron chi connectivity index (χ2n) is 6.84. The standard InChI is InChI=1S/C20H21N3/c1-2-7-19-17(6-1)18-14-22-11-8-15(9-12-22)20(18)23(19)13-16-5-3-4-10-21-16/h1-7,10,15H,8-9,11-14H2. The van der Waals surface area contributed by atoms with E-state index in [-0.39, 0.29) is 0 Å². The zero-order valence-corrected chi connectivity index (χ0v) is 13.3. The van der Waals surface area contributed by atoms with Gasteiger partial charge in [0.05, 0.1) is 12.2 Å². The van der Waals surface area contributed by atoms with E-state index in [1.807, 2.05) is 12.3 Å². The summed E-state index contributed by atoms with van der Waals surface area (Å²) in [6.45, 7) is 4.49. The van der Waals surface area contributed by atoms with E-state index >= 15 is 0 Å². The molecule has 3 aromatic rings. The number of nitrogens with zero attached hydrogens (tertiary/aromatic N) is 3. The first kappa shape index (κ1) is 13.3. The zero-order valence-electron chi connectivity index (χ0n) is 13.3. The maximum absolute atomic E-state index is 4.56. The van der Waals surface area contributed by atoms with Gasteiger partial charge in [0.2, 0.25) is 0 Å². The lowest BCUT2D eigenvalue weighted by Gasteiger charge is -2.27. The molecule has 5 heterocycles. The SMILES string of the molecule is c1ccc(Cn2c3c(c4ccccc42)CN2CCC3CC2)nc1. The van der Waals surface area contributed by atoms with Crippen LogP contribution in [-0.4, -0.2) is 27.5 Å². The molecule has 3 aliphatic heterocycles. The lowest BCUT2D eigenvalue weighted by Crippen LogP contribution is -2.29. The van der Waals surface area contributed by atoms with Crippen LogP contribution < -0.4 is 0 Å². The van der Waals surface area contributed by atoms with Gasteiger partial charge in [-0.05, 0) is 49.7 Å². The Hall–Kier alpha value is -2.13. The summed E-state index contributed by atoms with van der Waals surface area (Å²) in [6.07, 6.45) is 4.49. The summed E-state index contributed by atoms with van der Waals surface area (Å²) in [5, 5.41) is 1.44. The van der Waals surface area contributed by atoms with Crippen LogP contribution in [0.1, 0.15) is 35.7 Å². The summed E-state index contributed by atoms with van der Waals surface area (Å²) >= 11 is 0. The highest BCUT2D eigenvalue weighted by molar-refractivity contribution is 5.86. The molecule has 0 unspecified atom stereocenters. The Morgan fingerprint density at radius 2 is 1.83 bits per heavy atom. The van der Waals surface area contributed by atoms with Crippen molar-refractivity contribution in [3.63, 3.8) is 0 Å². The maximum atomic E-state index is 4.56. The monoisotopic (exact) mass is 303 g/mol. The average molecular weight is 303 g/mol. The molecule has 0 N–H and O–H groups in total. The van der Waals surface area contributed by atoms with Crippen LogP contribution in [0.15, 0.2) is 48.7 Å². The van der Waals surface area contributed by atoms with Gasteiger partial charge in [0.25, 0.3) is 0 Å². The van der Waals surface area contributed by atoms with Gasteiger partial charge in [-0.3, -0.25) is 9.88 Å². The topological polar surface area (TPSA) is 21.1 Å². The van der Waals surface area contributed by atoms with Crippen LogP contribution in [0.25, 0.3) is 10.9 Å². The van der Waals surface area contributed by atoms with Crippen molar-refractivity contribution in [1.82, 2.24) is 14.5 Å². The number of para-hydroxylation sites is 1. The van der Waals surface area contributed by atoms with Gasteiger partial charge in [0.1, 0.15) is 0 Å². The van der Waals surface area contributed by atoms with Crippen molar-refractivity contribution in [1.29, 1.82) is 0 Å². The van der Waals surface area contributed by atoms with Gasteiger partial charge in [-0.25, -0.2) is 0 Å².